The molecular weight excluding hydrogens is 238 g/mol. The molecule has 2 N–H and O–H groups in total. The maximum atomic E-state index is 11.9. The van der Waals surface area contributed by atoms with E-state index in [1.165, 1.54) is 6.42 Å². The highest BCUT2D eigenvalue weighted by Crippen LogP contribution is 2.09. The molecule has 4 nitrogen and oxygen atoms in total. The molecule has 19 heavy (non-hydrogen) atoms. The van der Waals surface area contributed by atoms with Crippen molar-refractivity contribution in [1.82, 2.24) is 4.90 Å². The smallest absolute Gasteiger partial charge is 0.224 e. The van der Waals surface area contributed by atoms with Gasteiger partial charge in [0.15, 0.2) is 0 Å². The molecule has 1 aliphatic rings. The minimum Gasteiger partial charge on any atom is -0.384 e. The van der Waals surface area contributed by atoms with Gasteiger partial charge in [-0.2, -0.15) is 0 Å². The van der Waals surface area contributed by atoms with Crippen LogP contribution in [0.5, 0.6) is 0 Å². The second-order valence-corrected chi connectivity index (χ2v) is 4.82. The van der Waals surface area contributed by atoms with E-state index in [0.29, 0.717) is 18.8 Å². The Morgan fingerprint density at radius 2 is 1.84 bits per heavy atom. The molecule has 1 aromatic carbocycles. The van der Waals surface area contributed by atoms with Gasteiger partial charge >= 0.3 is 0 Å². The van der Waals surface area contributed by atoms with Gasteiger partial charge in [0.25, 0.3) is 0 Å². The van der Waals surface area contributed by atoms with Crippen LogP contribution in [0.25, 0.3) is 0 Å². The zero-order valence-electron chi connectivity index (χ0n) is 11.2. The predicted molar refractivity (Wildman–Crippen MR) is 77.1 cm³/mol. The van der Waals surface area contributed by atoms with Gasteiger partial charge in [0.1, 0.15) is 5.84 Å². The normalized spacial score (nSPS) is 16.4. The average Bonchev–Trinajstić information content (AvgIpc) is 2.49. The second-order valence-electron chi connectivity index (χ2n) is 4.82. The maximum Gasteiger partial charge on any atom is 0.224 e. The van der Waals surface area contributed by atoms with Crippen LogP contribution in [-0.2, 0) is 4.79 Å². The first-order chi connectivity index (χ1) is 9.27. The molecule has 1 aliphatic heterocycles. The van der Waals surface area contributed by atoms with Crippen LogP contribution in [0.1, 0.15) is 31.2 Å². The first kappa shape index (κ1) is 13.6. The van der Waals surface area contributed by atoms with Crippen LogP contribution in [0.4, 0.5) is 0 Å². The Kier molecular flexibility index (Phi) is 4.95. The molecule has 0 saturated carbocycles. The zero-order chi connectivity index (χ0) is 13.5. The molecule has 1 heterocycles. The molecule has 0 atom stereocenters. The predicted octanol–water partition coefficient (Wildman–Crippen LogP) is 1.79. The number of hydrogen-bond acceptors (Lipinski definition) is 2. The highest BCUT2D eigenvalue weighted by molar-refractivity contribution is 5.97. The molecule has 1 aromatic rings. The van der Waals surface area contributed by atoms with E-state index in [0.717, 1.165) is 31.5 Å². The SMILES string of the molecule is NC(=NCCC(=O)N1CCCCC1)c1ccccc1. The summed E-state index contributed by atoms with van der Waals surface area (Å²) in [5.41, 5.74) is 6.79. The molecule has 0 unspecified atom stereocenters. The number of aliphatic imine (C=N–C) groups is 1. The van der Waals surface area contributed by atoms with Crippen molar-refractivity contribution in [2.75, 3.05) is 19.6 Å². The number of carbonyl (C=O) groups is 1. The molecule has 2 rings (SSSR count). The summed E-state index contributed by atoms with van der Waals surface area (Å²) in [6.45, 7) is 2.27. The summed E-state index contributed by atoms with van der Waals surface area (Å²) < 4.78 is 0. The van der Waals surface area contributed by atoms with Crippen LogP contribution >= 0.6 is 0 Å². The van der Waals surface area contributed by atoms with E-state index < -0.39 is 0 Å². The monoisotopic (exact) mass is 259 g/mol. The number of piperidine rings is 1. The standard InChI is InChI=1S/C15H21N3O/c16-15(13-7-3-1-4-8-13)17-10-9-14(19)18-11-5-2-6-12-18/h1,3-4,7-8H,2,5-6,9-12H2,(H2,16,17). The van der Waals surface area contributed by atoms with Gasteiger partial charge in [0, 0.05) is 25.1 Å². The van der Waals surface area contributed by atoms with Gasteiger partial charge in [-0.3, -0.25) is 9.79 Å². The molecular formula is C15H21N3O. The lowest BCUT2D eigenvalue weighted by atomic mass is 10.1. The minimum absolute atomic E-state index is 0.198. The van der Waals surface area contributed by atoms with Crippen LogP contribution in [0.3, 0.4) is 0 Å². The first-order valence-electron chi connectivity index (χ1n) is 6.90. The van der Waals surface area contributed by atoms with Gasteiger partial charge in [0.2, 0.25) is 5.91 Å². The largest absolute Gasteiger partial charge is 0.384 e. The number of nitrogens with two attached hydrogens (primary N) is 1. The number of amidine groups is 1. The van der Waals surface area contributed by atoms with Crippen molar-refractivity contribution in [2.45, 2.75) is 25.7 Å². The van der Waals surface area contributed by atoms with Crippen LogP contribution in [0.2, 0.25) is 0 Å². The van der Waals surface area contributed by atoms with Crippen molar-refractivity contribution in [2.24, 2.45) is 10.7 Å². The van der Waals surface area contributed by atoms with Gasteiger partial charge in [-0.25, -0.2) is 0 Å². The summed E-state index contributed by atoms with van der Waals surface area (Å²) in [6, 6.07) is 9.64. The van der Waals surface area contributed by atoms with E-state index >= 15 is 0 Å². The van der Waals surface area contributed by atoms with Gasteiger partial charge < -0.3 is 10.6 Å². The first-order valence-corrected chi connectivity index (χ1v) is 6.90. The van der Waals surface area contributed by atoms with Crippen LogP contribution in [0, 0.1) is 0 Å². The van der Waals surface area contributed by atoms with Gasteiger partial charge in [-0.05, 0) is 19.3 Å². The van der Waals surface area contributed by atoms with E-state index in [9.17, 15) is 4.79 Å². The van der Waals surface area contributed by atoms with E-state index in [4.69, 9.17) is 5.73 Å². The maximum absolute atomic E-state index is 11.9. The van der Waals surface area contributed by atoms with Crippen molar-refractivity contribution in [1.29, 1.82) is 0 Å². The van der Waals surface area contributed by atoms with E-state index in [1.807, 2.05) is 35.2 Å². The molecule has 0 radical (unpaired) electrons. The fraction of sp³-hybridized carbons (Fsp3) is 0.467. The summed E-state index contributed by atoms with van der Waals surface area (Å²) in [4.78, 5) is 18.2. The third-order valence-electron chi connectivity index (χ3n) is 3.39. The molecule has 0 bridgehead atoms. The van der Waals surface area contributed by atoms with Crippen molar-refractivity contribution in [3.63, 3.8) is 0 Å². The fourth-order valence-electron chi connectivity index (χ4n) is 2.27. The number of rotatable bonds is 4. The molecule has 4 heteroatoms. The van der Waals surface area contributed by atoms with Gasteiger partial charge in [-0.15, -0.1) is 0 Å². The van der Waals surface area contributed by atoms with Crippen LogP contribution < -0.4 is 5.73 Å². The summed E-state index contributed by atoms with van der Waals surface area (Å²) in [5, 5.41) is 0. The zero-order valence-corrected chi connectivity index (χ0v) is 11.2. The van der Waals surface area contributed by atoms with Crippen LogP contribution in [0.15, 0.2) is 35.3 Å². The highest BCUT2D eigenvalue weighted by atomic mass is 16.2. The highest BCUT2D eigenvalue weighted by Gasteiger charge is 2.15. The molecule has 0 aliphatic carbocycles. The topological polar surface area (TPSA) is 58.7 Å². The van der Waals surface area contributed by atoms with Crippen molar-refractivity contribution < 1.29 is 4.79 Å². The molecule has 0 spiro atoms. The van der Waals surface area contributed by atoms with Crippen LogP contribution in [-0.4, -0.2) is 36.3 Å². The lowest BCUT2D eigenvalue weighted by Crippen LogP contribution is -2.35. The third kappa shape index (κ3) is 4.09. The lowest BCUT2D eigenvalue weighted by molar-refractivity contribution is -0.131. The second kappa shape index (κ2) is 6.92. The minimum atomic E-state index is 0.198. The molecule has 0 aromatic heterocycles. The third-order valence-corrected chi connectivity index (χ3v) is 3.39. The lowest BCUT2D eigenvalue weighted by Gasteiger charge is -2.26. The Balaban J connectivity index is 1.80. The van der Waals surface area contributed by atoms with Gasteiger partial charge in [-0.1, -0.05) is 30.3 Å². The number of benzene rings is 1. The molecule has 1 fully saturated rings. The summed E-state index contributed by atoms with van der Waals surface area (Å²) >= 11 is 0. The van der Waals surface area contributed by atoms with E-state index in [1.54, 1.807) is 0 Å². The molecule has 102 valence electrons. The van der Waals surface area contributed by atoms with E-state index in [-0.39, 0.29) is 5.91 Å². The Bertz CT molecular complexity index is 436. The Hall–Kier alpha value is -1.84. The number of carbonyl (C=O) groups excluding carboxylic acids is 1. The van der Waals surface area contributed by atoms with Gasteiger partial charge in [0.05, 0.1) is 6.54 Å². The quantitative estimate of drug-likeness (QED) is 0.662. The number of hydrogen-bond donors (Lipinski definition) is 1. The number of likely N-dealkylation sites (tertiary alicyclic amines) is 1. The fourth-order valence-corrected chi connectivity index (χ4v) is 2.27. The van der Waals surface area contributed by atoms with Crippen molar-refractivity contribution >= 4 is 11.7 Å². The van der Waals surface area contributed by atoms with Crippen molar-refractivity contribution in [3.8, 4) is 0 Å². The number of amides is 1. The molecule has 1 amide bonds. The summed E-state index contributed by atoms with van der Waals surface area (Å²) in [7, 11) is 0. The Labute approximate surface area is 114 Å². The summed E-state index contributed by atoms with van der Waals surface area (Å²) in [5.74, 6) is 0.705. The average molecular weight is 259 g/mol. The van der Waals surface area contributed by atoms with Crippen molar-refractivity contribution in [3.05, 3.63) is 35.9 Å². The number of nitrogens with zero attached hydrogens (tertiary/aromatic N) is 2. The van der Waals surface area contributed by atoms with E-state index in [2.05, 4.69) is 4.99 Å². The summed E-state index contributed by atoms with van der Waals surface area (Å²) in [6.07, 6.45) is 3.94. The molecule has 1 saturated heterocycles. The Morgan fingerprint density at radius 1 is 1.16 bits per heavy atom. The Morgan fingerprint density at radius 3 is 2.53 bits per heavy atom.